The Labute approximate surface area is 225 Å². The van der Waals surface area contributed by atoms with Gasteiger partial charge in [0.1, 0.15) is 5.82 Å². The van der Waals surface area contributed by atoms with Crippen molar-refractivity contribution in [3.63, 3.8) is 0 Å². The van der Waals surface area contributed by atoms with Gasteiger partial charge in [-0.15, -0.1) is 5.10 Å². The Morgan fingerprint density at radius 3 is 2.46 bits per heavy atom. The van der Waals surface area contributed by atoms with Gasteiger partial charge in [-0.2, -0.15) is 0 Å². The highest BCUT2D eigenvalue weighted by atomic mass is 19.1. The predicted octanol–water partition coefficient (Wildman–Crippen LogP) is 5.82. The van der Waals surface area contributed by atoms with Crippen LogP contribution in [0.2, 0.25) is 0 Å². The summed E-state index contributed by atoms with van der Waals surface area (Å²) in [6.45, 7) is 5.90. The molecule has 1 atom stereocenters. The number of pyridine rings is 1. The SMILES string of the molecule is Cc1nnn(C)c1-c1cnc2c3cc(F)c(C(C)(C)O)c(F)c3n(C(c3ccccc3)C3CCOCC3)c2c1. The molecule has 7 nitrogen and oxygen atoms in total. The smallest absolute Gasteiger partial charge is 0.156 e. The summed E-state index contributed by atoms with van der Waals surface area (Å²) < 4.78 is 41.3. The second-order valence-electron chi connectivity index (χ2n) is 10.9. The molecule has 1 aliphatic rings. The Bertz CT molecular complexity index is 1660. The summed E-state index contributed by atoms with van der Waals surface area (Å²) in [4.78, 5) is 4.75. The molecule has 9 heteroatoms. The average molecular weight is 532 g/mol. The zero-order valence-corrected chi connectivity index (χ0v) is 22.4. The Morgan fingerprint density at radius 1 is 1.10 bits per heavy atom. The minimum Gasteiger partial charge on any atom is -0.386 e. The van der Waals surface area contributed by atoms with E-state index >= 15 is 8.78 Å². The van der Waals surface area contributed by atoms with E-state index in [2.05, 4.69) is 10.3 Å². The largest absolute Gasteiger partial charge is 0.386 e. The number of halogens is 2. The first kappa shape index (κ1) is 25.6. The Balaban J connectivity index is 1.75. The quantitative estimate of drug-likeness (QED) is 0.310. The molecule has 1 aliphatic heterocycles. The van der Waals surface area contributed by atoms with Crippen molar-refractivity contribution in [2.24, 2.45) is 13.0 Å². The molecule has 202 valence electrons. The van der Waals surface area contributed by atoms with Crippen LogP contribution in [-0.2, 0) is 17.4 Å². The topological polar surface area (TPSA) is 78.0 Å². The summed E-state index contributed by atoms with van der Waals surface area (Å²) in [5.41, 5.74) is 2.65. The summed E-state index contributed by atoms with van der Waals surface area (Å²) >= 11 is 0. The van der Waals surface area contributed by atoms with Crippen LogP contribution in [0.1, 0.15) is 49.6 Å². The van der Waals surface area contributed by atoms with Crippen molar-refractivity contribution in [1.29, 1.82) is 0 Å². The summed E-state index contributed by atoms with van der Waals surface area (Å²) in [5, 5.41) is 19.5. The maximum Gasteiger partial charge on any atom is 0.156 e. The van der Waals surface area contributed by atoms with Crippen molar-refractivity contribution in [2.75, 3.05) is 13.2 Å². The molecule has 1 saturated heterocycles. The minimum absolute atomic E-state index is 0.138. The Kier molecular flexibility index (Phi) is 6.23. The van der Waals surface area contributed by atoms with Crippen molar-refractivity contribution in [1.82, 2.24) is 24.5 Å². The zero-order chi connectivity index (χ0) is 27.5. The number of aromatic nitrogens is 5. The Hall–Kier alpha value is -3.69. The summed E-state index contributed by atoms with van der Waals surface area (Å²) in [5.74, 6) is -1.44. The fourth-order valence-electron chi connectivity index (χ4n) is 6.14. The summed E-state index contributed by atoms with van der Waals surface area (Å²) in [7, 11) is 1.81. The van der Waals surface area contributed by atoms with Gasteiger partial charge in [0.05, 0.1) is 45.1 Å². The highest BCUT2D eigenvalue weighted by molar-refractivity contribution is 6.07. The van der Waals surface area contributed by atoms with Crippen LogP contribution in [0.5, 0.6) is 0 Å². The molecule has 6 rings (SSSR count). The van der Waals surface area contributed by atoms with Gasteiger partial charge in [-0.25, -0.2) is 13.5 Å². The molecule has 39 heavy (non-hydrogen) atoms. The number of aliphatic hydroxyl groups is 1. The molecule has 0 amide bonds. The Morgan fingerprint density at radius 2 is 1.82 bits per heavy atom. The molecule has 5 aromatic rings. The molecular weight excluding hydrogens is 500 g/mol. The van der Waals surface area contributed by atoms with E-state index < -0.39 is 17.2 Å². The number of ether oxygens (including phenoxy) is 1. The highest BCUT2D eigenvalue weighted by Gasteiger charge is 2.35. The molecule has 3 aromatic heterocycles. The first-order valence-corrected chi connectivity index (χ1v) is 13.2. The number of aryl methyl sites for hydroxylation is 2. The third kappa shape index (κ3) is 4.20. The van der Waals surface area contributed by atoms with E-state index in [1.807, 2.05) is 54.9 Å². The third-order valence-corrected chi connectivity index (χ3v) is 7.83. The molecule has 0 bridgehead atoms. The van der Waals surface area contributed by atoms with Gasteiger partial charge in [0.2, 0.25) is 0 Å². The summed E-state index contributed by atoms with van der Waals surface area (Å²) in [6, 6.07) is 13.0. The predicted molar refractivity (Wildman–Crippen MR) is 145 cm³/mol. The number of hydrogen-bond acceptors (Lipinski definition) is 5. The standard InChI is InChI=1S/C30H31F2N5O2/c1-17-27(36(4)35-34-17)20-14-23-26(33-16-20)21-15-22(31)24(30(2,3)38)25(32)29(21)37(23)28(18-8-6-5-7-9-18)19-10-12-39-13-11-19/h5-9,14-16,19,28,38H,10-13H2,1-4H3. The van der Waals surface area contributed by atoms with Gasteiger partial charge < -0.3 is 14.4 Å². The van der Waals surface area contributed by atoms with E-state index in [-0.39, 0.29) is 23.0 Å². The normalized spacial score (nSPS) is 15.9. The van der Waals surface area contributed by atoms with Crippen LogP contribution in [0.3, 0.4) is 0 Å². The van der Waals surface area contributed by atoms with Gasteiger partial charge >= 0.3 is 0 Å². The van der Waals surface area contributed by atoms with Crippen molar-refractivity contribution < 1.29 is 18.6 Å². The first-order chi connectivity index (χ1) is 18.7. The molecule has 2 aromatic carbocycles. The number of hydrogen-bond donors (Lipinski definition) is 1. The van der Waals surface area contributed by atoms with E-state index in [0.717, 1.165) is 35.4 Å². The highest BCUT2D eigenvalue weighted by Crippen LogP contribution is 2.44. The number of fused-ring (bicyclic) bond motifs is 3. The molecule has 0 saturated carbocycles. The average Bonchev–Trinajstić information content (AvgIpc) is 3.41. The summed E-state index contributed by atoms with van der Waals surface area (Å²) in [6.07, 6.45) is 3.28. The van der Waals surface area contributed by atoms with E-state index in [1.165, 1.54) is 19.9 Å². The van der Waals surface area contributed by atoms with Crippen LogP contribution >= 0.6 is 0 Å². The fraction of sp³-hybridized carbons (Fsp3) is 0.367. The fourth-order valence-corrected chi connectivity index (χ4v) is 6.14. The maximum atomic E-state index is 16.6. The van der Waals surface area contributed by atoms with Gasteiger partial charge in [-0.05, 0) is 57.2 Å². The van der Waals surface area contributed by atoms with Crippen LogP contribution in [0.15, 0.2) is 48.7 Å². The number of nitrogens with zero attached hydrogens (tertiary/aromatic N) is 5. The van der Waals surface area contributed by atoms with Gasteiger partial charge in [0.25, 0.3) is 0 Å². The van der Waals surface area contributed by atoms with E-state index in [4.69, 9.17) is 9.72 Å². The lowest BCUT2D eigenvalue weighted by molar-refractivity contribution is 0.0551. The molecule has 0 radical (unpaired) electrons. The van der Waals surface area contributed by atoms with Gasteiger partial charge in [0.15, 0.2) is 5.82 Å². The lowest BCUT2D eigenvalue weighted by Gasteiger charge is -2.33. The van der Waals surface area contributed by atoms with Crippen LogP contribution in [0, 0.1) is 24.5 Å². The monoisotopic (exact) mass is 531 g/mol. The van der Waals surface area contributed by atoms with E-state index in [0.29, 0.717) is 29.6 Å². The van der Waals surface area contributed by atoms with Gasteiger partial charge in [0, 0.05) is 37.4 Å². The molecule has 0 aliphatic carbocycles. The van der Waals surface area contributed by atoms with Crippen molar-refractivity contribution in [3.8, 4) is 11.3 Å². The van der Waals surface area contributed by atoms with Crippen molar-refractivity contribution in [2.45, 2.75) is 45.3 Å². The number of benzene rings is 2. The molecule has 1 N–H and O–H groups in total. The molecule has 1 fully saturated rings. The number of rotatable bonds is 5. The lowest BCUT2D eigenvalue weighted by atomic mass is 9.86. The second kappa shape index (κ2) is 9.50. The molecule has 0 spiro atoms. The van der Waals surface area contributed by atoms with Gasteiger partial charge in [-0.3, -0.25) is 4.98 Å². The maximum absolute atomic E-state index is 16.6. The third-order valence-electron chi connectivity index (χ3n) is 7.83. The van der Waals surface area contributed by atoms with E-state index in [1.54, 1.807) is 10.9 Å². The van der Waals surface area contributed by atoms with E-state index in [9.17, 15) is 5.11 Å². The first-order valence-electron chi connectivity index (χ1n) is 13.2. The molecular formula is C30H31F2N5O2. The molecule has 1 unspecified atom stereocenters. The lowest BCUT2D eigenvalue weighted by Crippen LogP contribution is -2.27. The second-order valence-corrected chi connectivity index (χ2v) is 10.9. The van der Waals surface area contributed by atoms with Crippen molar-refractivity contribution in [3.05, 3.63) is 77.1 Å². The zero-order valence-electron chi connectivity index (χ0n) is 22.4. The van der Waals surface area contributed by atoms with Crippen LogP contribution in [-0.4, -0.2) is 42.9 Å². The van der Waals surface area contributed by atoms with Crippen molar-refractivity contribution >= 4 is 21.9 Å². The van der Waals surface area contributed by atoms with Crippen LogP contribution < -0.4 is 0 Å². The van der Waals surface area contributed by atoms with Crippen LogP contribution in [0.4, 0.5) is 8.78 Å². The molecule has 4 heterocycles. The minimum atomic E-state index is -1.72. The van der Waals surface area contributed by atoms with Crippen LogP contribution in [0.25, 0.3) is 33.2 Å². The van der Waals surface area contributed by atoms with Gasteiger partial charge in [-0.1, -0.05) is 35.5 Å².